The summed E-state index contributed by atoms with van der Waals surface area (Å²) in [5.41, 5.74) is 1.62. The Morgan fingerprint density at radius 2 is 2.14 bits per heavy atom. The van der Waals surface area contributed by atoms with Crippen LogP contribution in [-0.4, -0.2) is 19.2 Å². The Hall–Kier alpha value is -1.55. The molecular formula is C17H21NO3. The molecule has 0 spiro atoms. The van der Waals surface area contributed by atoms with E-state index in [1.165, 1.54) is 18.4 Å². The average Bonchev–Trinajstić information content (AvgIpc) is 2.54. The summed E-state index contributed by atoms with van der Waals surface area (Å²) >= 11 is 0. The average molecular weight is 287 g/mol. The highest BCUT2D eigenvalue weighted by atomic mass is 16.5. The van der Waals surface area contributed by atoms with Crippen LogP contribution in [0.2, 0.25) is 0 Å². The van der Waals surface area contributed by atoms with E-state index in [0.717, 1.165) is 50.3 Å². The van der Waals surface area contributed by atoms with Gasteiger partial charge in [-0.2, -0.15) is 0 Å². The van der Waals surface area contributed by atoms with Gasteiger partial charge in [-0.3, -0.25) is 0 Å². The maximum absolute atomic E-state index is 12.3. The summed E-state index contributed by atoms with van der Waals surface area (Å²) in [5, 5.41) is 3.36. The van der Waals surface area contributed by atoms with Crippen molar-refractivity contribution >= 4 is 6.08 Å². The zero-order valence-corrected chi connectivity index (χ0v) is 12.2. The summed E-state index contributed by atoms with van der Waals surface area (Å²) in [4.78, 5) is 12.3. The lowest BCUT2D eigenvalue weighted by Gasteiger charge is -2.31. The number of hydrogen-bond acceptors (Lipinski definition) is 4. The first-order chi connectivity index (χ1) is 10.3. The highest BCUT2D eigenvalue weighted by Gasteiger charge is 2.29. The third kappa shape index (κ3) is 2.42. The molecule has 1 saturated carbocycles. The lowest BCUT2D eigenvalue weighted by Crippen LogP contribution is -2.30. The molecule has 2 atom stereocenters. The van der Waals surface area contributed by atoms with Crippen molar-refractivity contribution in [3.63, 3.8) is 0 Å². The molecule has 112 valence electrons. The van der Waals surface area contributed by atoms with E-state index in [1.54, 1.807) is 0 Å². The second kappa shape index (κ2) is 5.34. The molecule has 1 saturated heterocycles. The minimum Gasteiger partial charge on any atom is -0.485 e. The van der Waals surface area contributed by atoms with Crippen molar-refractivity contribution < 1.29 is 9.15 Å². The van der Waals surface area contributed by atoms with E-state index in [0.29, 0.717) is 5.56 Å². The van der Waals surface area contributed by atoms with Crippen LogP contribution in [0.1, 0.15) is 55.8 Å². The van der Waals surface area contributed by atoms with Crippen molar-refractivity contribution in [2.45, 2.75) is 50.5 Å². The molecule has 1 N–H and O–H groups in total. The molecule has 2 aliphatic heterocycles. The second-order valence-corrected chi connectivity index (χ2v) is 6.33. The van der Waals surface area contributed by atoms with Gasteiger partial charge in [-0.1, -0.05) is 0 Å². The van der Waals surface area contributed by atoms with Gasteiger partial charge in [-0.25, -0.2) is 4.79 Å². The molecule has 2 unspecified atom stereocenters. The fourth-order valence-electron chi connectivity index (χ4n) is 3.67. The Labute approximate surface area is 124 Å². The van der Waals surface area contributed by atoms with Gasteiger partial charge in [-0.05, 0) is 56.7 Å². The smallest absolute Gasteiger partial charge is 0.347 e. The van der Waals surface area contributed by atoms with Crippen molar-refractivity contribution in [3.05, 3.63) is 33.4 Å². The highest BCUT2D eigenvalue weighted by molar-refractivity contribution is 5.62. The molecule has 21 heavy (non-hydrogen) atoms. The van der Waals surface area contributed by atoms with Crippen molar-refractivity contribution in [1.82, 2.24) is 5.32 Å². The van der Waals surface area contributed by atoms with Crippen LogP contribution >= 0.6 is 0 Å². The predicted octanol–water partition coefficient (Wildman–Crippen LogP) is 2.83. The zero-order chi connectivity index (χ0) is 14.2. The molecule has 4 heteroatoms. The van der Waals surface area contributed by atoms with Gasteiger partial charge < -0.3 is 14.5 Å². The van der Waals surface area contributed by atoms with E-state index in [2.05, 4.69) is 5.32 Å². The third-order valence-electron chi connectivity index (χ3n) is 4.86. The van der Waals surface area contributed by atoms with E-state index in [1.807, 2.05) is 12.1 Å². The molecule has 3 heterocycles. The van der Waals surface area contributed by atoms with E-state index in [4.69, 9.17) is 9.15 Å². The van der Waals surface area contributed by atoms with Gasteiger partial charge in [0.05, 0.1) is 0 Å². The summed E-state index contributed by atoms with van der Waals surface area (Å²) in [6.07, 6.45) is 8.88. The number of piperidine rings is 1. The van der Waals surface area contributed by atoms with Crippen LogP contribution in [0, 0.1) is 0 Å². The van der Waals surface area contributed by atoms with Gasteiger partial charge in [0.15, 0.2) is 0 Å². The van der Waals surface area contributed by atoms with Crippen LogP contribution in [0.15, 0.2) is 20.9 Å². The van der Waals surface area contributed by atoms with Crippen molar-refractivity contribution in [1.29, 1.82) is 0 Å². The summed E-state index contributed by atoms with van der Waals surface area (Å²) in [6.45, 7) is 1.93. The van der Waals surface area contributed by atoms with Crippen LogP contribution in [0.4, 0.5) is 0 Å². The van der Waals surface area contributed by atoms with Crippen LogP contribution in [-0.2, 0) is 0 Å². The Bertz CT molecular complexity index is 625. The lowest BCUT2D eigenvalue weighted by atomic mass is 9.88. The summed E-state index contributed by atoms with van der Waals surface area (Å²) in [6, 6.07) is 1.95. The fourth-order valence-corrected chi connectivity index (χ4v) is 3.67. The standard InChI is InChI=1S/C17H21NO3/c19-17-13-8-11-4-1-2-6-14(11)20-16(13)9-15(21-17)12-5-3-7-18-10-12/h8-9,12,14,18H,1-7,10H2. The quantitative estimate of drug-likeness (QED) is 0.863. The van der Waals surface area contributed by atoms with Gasteiger partial charge in [0.1, 0.15) is 23.2 Å². The molecule has 1 aromatic heterocycles. The number of rotatable bonds is 1. The summed E-state index contributed by atoms with van der Waals surface area (Å²) in [7, 11) is 0. The third-order valence-corrected chi connectivity index (χ3v) is 4.86. The Kier molecular flexibility index (Phi) is 3.34. The molecule has 1 aromatic rings. The minimum atomic E-state index is -0.246. The molecule has 0 radical (unpaired) electrons. The molecule has 4 rings (SSSR count). The van der Waals surface area contributed by atoms with E-state index >= 15 is 0 Å². The van der Waals surface area contributed by atoms with Crippen LogP contribution < -0.4 is 15.7 Å². The molecular weight excluding hydrogens is 266 g/mol. The molecule has 0 aromatic carbocycles. The Morgan fingerprint density at radius 3 is 3.00 bits per heavy atom. The Balaban J connectivity index is 1.71. The molecule has 3 aliphatic rings. The second-order valence-electron chi connectivity index (χ2n) is 6.33. The van der Waals surface area contributed by atoms with Crippen molar-refractivity contribution in [2.24, 2.45) is 0 Å². The maximum atomic E-state index is 12.3. The minimum absolute atomic E-state index is 0.172. The van der Waals surface area contributed by atoms with Gasteiger partial charge in [0.25, 0.3) is 0 Å². The Morgan fingerprint density at radius 1 is 1.19 bits per heavy atom. The number of fused-ring (bicyclic) bond motifs is 2. The maximum Gasteiger partial charge on any atom is 0.347 e. The topological polar surface area (TPSA) is 51.5 Å². The zero-order valence-electron chi connectivity index (χ0n) is 12.2. The van der Waals surface area contributed by atoms with Gasteiger partial charge in [-0.15, -0.1) is 0 Å². The SMILES string of the molecule is O=c1oc(C2CCCNC2)cc2c1C=C1CCCCC1O2. The van der Waals surface area contributed by atoms with Gasteiger partial charge in [0, 0.05) is 18.5 Å². The first kappa shape index (κ1) is 13.1. The molecule has 2 fully saturated rings. The fraction of sp³-hybridized carbons (Fsp3) is 0.588. The summed E-state index contributed by atoms with van der Waals surface area (Å²) in [5.74, 6) is 1.79. The number of nitrogens with one attached hydrogen (secondary N) is 1. The lowest BCUT2D eigenvalue weighted by molar-refractivity contribution is 0.196. The molecule has 1 aliphatic carbocycles. The van der Waals surface area contributed by atoms with Gasteiger partial charge in [0.2, 0.25) is 0 Å². The predicted molar refractivity (Wildman–Crippen MR) is 80.7 cm³/mol. The van der Waals surface area contributed by atoms with Gasteiger partial charge >= 0.3 is 5.63 Å². The molecule has 0 amide bonds. The monoisotopic (exact) mass is 287 g/mol. The summed E-state index contributed by atoms with van der Waals surface area (Å²) < 4.78 is 11.7. The number of hydrogen-bond donors (Lipinski definition) is 1. The molecule has 4 nitrogen and oxygen atoms in total. The van der Waals surface area contributed by atoms with E-state index in [9.17, 15) is 4.79 Å². The first-order valence-electron chi connectivity index (χ1n) is 8.07. The van der Waals surface area contributed by atoms with Crippen LogP contribution in [0.25, 0.3) is 6.08 Å². The van der Waals surface area contributed by atoms with E-state index in [-0.39, 0.29) is 17.6 Å². The van der Waals surface area contributed by atoms with Crippen molar-refractivity contribution in [3.8, 4) is 5.75 Å². The van der Waals surface area contributed by atoms with Crippen molar-refractivity contribution in [2.75, 3.05) is 13.1 Å². The first-order valence-corrected chi connectivity index (χ1v) is 8.07. The highest BCUT2D eigenvalue weighted by Crippen LogP contribution is 2.36. The largest absolute Gasteiger partial charge is 0.485 e. The van der Waals surface area contributed by atoms with Crippen LogP contribution in [0.5, 0.6) is 5.75 Å². The van der Waals surface area contributed by atoms with Crippen LogP contribution in [0.3, 0.4) is 0 Å². The normalized spacial score (nSPS) is 28.1. The molecule has 0 bridgehead atoms. The van der Waals surface area contributed by atoms with E-state index < -0.39 is 0 Å². The number of ether oxygens (including phenoxy) is 1.